The number of hydrogen-bond donors (Lipinski definition) is 0. The van der Waals surface area contributed by atoms with Crippen LogP contribution in [0.15, 0.2) is 97.1 Å². The molecular weight excluding hydrogens is 1020 g/mol. The number of carbonyl (C=O) groups is 4. The second kappa shape index (κ2) is 25.8. The van der Waals surface area contributed by atoms with Gasteiger partial charge in [-0.05, 0) is 49.9 Å². The molecule has 0 spiro atoms. The largest absolute Gasteiger partial charge is 1.00 e. The molecule has 4 rings (SSSR count). The number of amides is 4. The van der Waals surface area contributed by atoms with E-state index in [1.807, 2.05) is 76.2 Å². The molecule has 4 aromatic rings. The first kappa shape index (κ1) is 48.4. The van der Waals surface area contributed by atoms with Crippen molar-refractivity contribution in [1.82, 2.24) is 0 Å². The maximum atomic E-state index is 10.4. The van der Waals surface area contributed by atoms with Crippen LogP contribution in [0.4, 0.5) is 0 Å². The molecule has 4 amide bonds. The molecule has 0 aliphatic rings. The van der Waals surface area contributed by atoms with Crippen LogP contribution in [0.5, 0.6) is 0 Å². The monoisotopic (exact) mass is 1050 g/mol. The normalized spacial score (nSPS) is 8.45. The predicted octanol–water partition coefficient (Wildman–Crippen LogP) is 2.75. The van der Waals surface area contributed by atoms with Gasteiger partial charge in [-0.2, -0.15) is 0 Å². The summed E-state index contributed by atoms with van der Waals surface area (Å²) in [7, 11) is 0. The van der Waals surface area contributed by atoms with Crippen molar-refractivity contribution in [3.63, 3.8) is 0 Å². The Kier molecular flexibility index (Phi) is 28.3. The van der Waals surface area contributed by atoms with Crippen molar-refractivity contribution in [2.75, 3.05) is 0 Å². The summed E-state index contributed by atoms with van der Waals surface area (Å²) in [6, 6.07) is 27.8. The third-order valence-corrected chi connectivity index (χ3v) is 5.26. The van der Waals surface area contributed by atoms with Crippen LogP contribution < -0.4 is 34.0 Å². The standard InChI is InChI=1S/4C8H9NO.2BrH.2Hf/c4*1-6-2-4-7(5-3-6)8(9)10;;;;/h4*2-5H,1H3,(H2,9,10);2*1H;;/p-6. The summed E-state index contributed by atoms with van der Waals surface area (Å²) in [6.07, 6.45) is 0. The minimum atomic E-state index is -0.625. The summed E-state index contributed by atoms with van der Waals surface area (Å²) < 4.78 is 0. The first-order chi connectivity index (χ1) is 18.8. The van der Waals surface area contributed by atoms with E-state index in [-0.39, 0.29) is 85.6 Å². The third kappa shape index (κ3) is 20.4. The van der Waals surface area contributed by atoms with E-state index in [2.05, 4.69) is 0 Å². The number of rotatable bonds is 4. The van der Waals surface area contributed by atoms with E-state index in [4.69, 9.17) is 22.9 Å². The Labute approximate surface area is 317 Å². The Bertz CT molecular complexity index is 1200. The van der Waals surface area contributed by atoms with Crippen LogP contribution >= 0.6 is 0 Å². The molecule has 0 saturated heterocycles. The quantitative estimate of drug-likeness (QED) is 0.288. The predicted molar refractivity (Wildman–Crippen MR) is 159 cm³/mol. The van der Waals surface area contributed by atoms with Gasteiger partial charge in [0.1, 0.15) is 0 Å². The summed E-state index contributed by atoms with van der Waals surface area (Å²) in [5.41, 5.74) is 33.2. The number of halogens is 2. The van der Waals surface area contributed by atoms with Gasteiger partial charge in [0.05, 0.1) is 23.6 Å². The van der Waals surface area contributed by atoms with Gasteiger partial charge < -0.3 is 76.1 Å². The molecule has 0 atom stereocenters. The van der Waals surface area contributed by atoms with Crippen LogP contribution in [0.3, 0.4) is 0 Å². The molecule has 44 heavy (non-hydrogen) atoms. The maximum absolute atomic E-state index is 10.4. The number of nitrogens with one attached hydrogen (secondary N) is 4. The van der Waals surface area contributed by atoms with E-state index in [1.54, 1.807) is 48.5 Å². The van der Waals surface area contributed by atoms with Crippen molar-refractivity contribution >= 4 is 23.6 Å². The van der Waals surface area contributed by atoms with Crippen LogP contribution in [0.25, 0.3) is 22.9 Å². The topological polar surface area (TPSA) is 163 Å². The third-order valence-electron chi connectivity index (χ3n) is 5.26. The average Bonchev–Trinajstić information content (AvgIpc) is 2.91. The first-order valence-corrected chi connectivity index (χ1v) is 12.1. The fourth-order valence-electron chi connectivity index (χ4n) is 2.82. The SMILES string of the molecule is Cc1ccc(C([NH-])=O)cc1.Cc1ccc(C([NH-])=O)cc1.Cc1ccc(C([NH-])=O)cc1.Cc1ccc(C([NH-])=O)cc1.[Br-].[Br-].[Hf].[Hf]. The molecular formula is C32H32Br2Hf2N4O4-6. The van der Waals surface area contributed by atoms with Gasteiger partial charge in [-0.25, -0.2) is 0 Å². The van der Waals surface area contributed by atoms with Gasteiger partial charge in [-0.15, -0.1) is 0 Å². The van der Waals surface area contributed by atoms with Gasteiger partial charge >= 0.3 is 0 Å². The second-order valence-electron chi connectivity index (χ2n) is 8.78. The molecule has 12 heteroatoms. The fourth-order valence-corrected chi connectivity index (χ4v) is 2.82. The van der Waals surface area contributed by atoms with Gasteiger partial charge in [-0.3, -0.25) is 0 Å². The van der Waals surface area contributed by atoms with E-state index in [0.29, 0.717) is 22.3 Å². The van der Waals surface area contributed by atoms with E-state index in [0.717, 1.165) is 22.3 Å². The fraction of sp³-hybridized carbons (Fsp3) is 0.125. The van der Waals surface area contributed by atoms with E-state index >= 15 is 0 Å². The molecule has 4 aromatic carbocycles. The molecule has 8 nitrogen and oxygen atoms in total. The van der Waals surface area contributed by atoms with Crippen molar-refractivity contribution in [3.8, 4) is 0 Å². The minimum Gasteiger partial charge on any atom is -1.00 e. The smallest absolute Gasteiger partial charge is 0.0796 e. The van der Waals surface area contributed by atoms with E-state index < -0.39 is 23.6 Å². The molecule has 0 aliphatic heterocycles. The second-order valence-corrected chi connectivity index (χ2v) is 8.78. The molecule has 0 fully saturated rings. The number of hydrogen-bond acceptors (Lipinski definition) is 4. The molecule has 0 saturated carbocycles. The van der Waals surface area contributed by atoms with Crippen LogP contribution in [0.2, 0.25) is 0 Å². The van der Waals surface area contributed by atoms with Crippen molar-refractivity contribution in [2.45, 2.75) is 27.7 Å². The summed E-state index contributed by atoms with van der Waals surface area (Å²) in [6.45, 7) is 7.77. The Balaban J connectivity index is -0.000000235. The van der Waals surface area contributed by atoms with Gasteiger partial charge in [-0.1, -0.05) is 119 Å². The van der Waals surface area contributed by atoms with Crippen molar-refractivity contribution in [3.05, 3.63) is 165 Å². The summed E-state index contributed by atoms with van der Waals surface area (Å²) in [5, 5.41) is 0. The van der Waals surface area contributed by atoms with Crippen molar-refractivity contribution in [1.29, 1.82) is 0 Å². The van der Waals surface area contributed by atoms with Crippen molar-refractivity contribution < 1.29 is 105 Å². The molecule has 0 aliphatic carbocycles. The number of aryl methyl sites for hydroxylation is 4. The van der Waals surface area contributed by atoms with Gasteiger partial charge in [0.25, 0.3) is 0 Å². The van der Waals surface area contributed by atoms with Gasteiger partial charge in [0.2, 0.25) is 0 Å². The zero-order chi connectivity index (χ0) is 30.2. The first-order valence-electron chi connectivity index (χ1n) is 12.1. The summed E-state index contributed by atoms with van der Waals surface area (Å²) in [4.78, 5) is 41.7. The van der Waals surface area contributed by atoms with Crippen LogP contribution in [0.1, 0.15) is 63.7 Å². The van der Waals surface area contributed by atoms with Crippen molar-refractivity contribution in [2.24, 2.45) is 0 Å². The van der Waals surface area contributed by atoms with Crippen LogP contribution in [0, 0.1) is 27.7 Å². The molecule has 4 N–H and O–H groups in total. The number of benzene rings is 4. The van der Waals surface area contributed by atoms with Crippen LogP contribution in [-0.4, -0.2) is 23.6 Å². The Morgan fingerprint density at radius 3 is 0.545 bits per heavy atom. The summed E-state index contributed by atoms with van der Waals surface area (Å²) in [5.74, 6) is -2.50. The molecule has 0 unspecified atom stereocenters. The molecule has 0 radical (unpaired) electrons. The zero-order valence-electron chi connectivity index (χ0n) is 24.6. The number of carbonyl (C=O) groups excluding carboxylic acids is 4. The molecule has 232 valence electrons. The Morgan fingerprint density at radius 2 is 0.455 bits per heavy atom. The molecule has 0 bridgehead atoms. The van der Waals surface area contributed by atoms with E-state index in [9.17, 15) is 19.2 Å². The minimum absolute atomic E-state index is 0. The van der Waals surface area contributed by atoms with E-state index in [1.165, 1.54) is 0 Å². The maximum Gasteiger partial charge on any atom is 0.0796 e. The average molecular weight is 1050 g/mol. The van der Waals surface area contributed by atoms with Crippen LogP contribution in [-0.2, 0) is 51.7 Å². The van der Waals surface area contributed by atoms with Gasteiger partial charge in [0, 0.05) is 51.7 Å². The summed E-state index contributed by atoms with van der Waals surface area (Å²) >= 11 is 0. The molecule has 0 aromatic heterocycles. The zero-order valence-corrected chi connectivity index (χ0v) is 35.0. The Hall–Kier alpha value is -2.54. The molecule has 0 heterocycles. The Morgan fingerprint density at radius 1 is 0.341 bits per heavy atom. The van der Waals surface area contributed by atoms with Gasteiger partial charge in [0.15, 0.2) is 0 Å².